The molecule has 0 heterocycles. The third-order valence-electron chi connectivity index (χ3n) is 2.45. The first-order valence-electron chi connectivity index (χ1n) is 5.76. The summed E-state index contributed by atoms with van der Waals surface area (Å²) in [7, 11) is 0. The molecule has 0 aliphatic carbocycles. The summed E-state index contributed by atoms with van der Waals surface area (Å²) in [5.74, 6) is 0.329. The van der Waals surface area contributed by atoms with Crippen molar-refractivity contribution in [2.24, 2.45) is 5.92 Å². The van der Waals surface area contributed by atoms with Crippen molar-refractivity contribution in [3.05, 3.63) is 33.8 Å². The van der Waals surface area contributed by atoms with Gasteiger partial charge in [-0.05, 0) is 30.5 Å². The first-order chi connectivity index (χ1) is 8.43. The largest absolute Gasteiger partial charge is 0.348 e. The fourth-order valence-electron chi connectivity index (χ4n) is 1.66. The van der Waals surface area contributed by atoms with Crippen LogP contribution < -0.4 is 5.32 Å². The van der Waals surface area contributed by atoms with Gasteiger partial charge >= 0.3 is 0 Å². The second-order valence-electron chi connectivity index (χ2n) is 4.58. The summed E-state index contributed by atoms with van der Waals surface area (Å²) in [5, 5.41) is 4.59. The molecule has 18 heavy (non-hydrogen) atoms. The summed E-state index contributed by atoms with van der Waals surface area (Å²) in [4.78, 5) is 12.1. The highest BCUT2D eigenvalue weighted by molar-refractivity contribution is 9.09. The molecule has 5 heteroatoms. The summed E-state index contributed by atoms with van der Waals surface area (Å²) in [6.07, 6.45) is 0.912. The van der Waals surface area contributed by atoms with Gasteiger partial charge in [0, 0.05) is 16.4 Å². The van der Waals surface area contributed by atoms with Crippen LogP contribution in [0, 0.1) is 5.92 Å². The molecule has 1 aromatic rings. The minimum atomic E-state index is -0.187. The molecule has 1 amide bonds. The van der Waals surface area contributed by atoms with Crippen LogP contribution >= 0.6 is 39.1 Å². The minimum Gasteiger partial charge on any atom is -0.348 e. The van der Waals surface area contributed by atoms with E-state index in [2.05, 4.69) is 35.1 Å². The molecule has 100 valence electrons. The predicted molar refractivity (Wildman–Crippen MR) is 81.0 cm³/mol. The van der Waals surface area contributed by atoms with Crippen LogP contribution in [0.4, 0.5) is 0 Å². The van der Waals surface area contributed by atoms with Gasteiger partial charge in [0.2, 0.25) is 0 Å². The number of amides is 1. The maximum atomic E-state index is 12.1. The molecule has 0 fully saturated rings. The van der Waals surface area contributed by atoms with Crippen LogP contribution in [0.25, 0.3) is 0 Å². The van der Waals surface area contributed by atoms with E-state index >= 15 is 0 Å². The number of hydrogen-bond donors (Lipinski definition) is 1. The third-order valence-corrected chi connectivity index (χ3v) is 3.80. The monoisotopic (exact) mass is 351 g/mol. The normalized spacial score (nSPS) is 12.6. The van der Waals surface area contributed by atoms with Gasteiger partial charge in [-0.3, -0.25) is 4.79 Å². The molecule has 1 unspecified atom stereocenters. The van der Waals surface area contributed by atoms with Crippen LogP contribution in [0.2, 0.25) is 10.0 Å². The smallest absolute Gasteiger partial charge is 0.253 e. The van der Waals surface area contributed by atoms with Crippen LogP contribution in [0.15, 0.2) is 18.2 Å². The summed E-state index contributed by atoms with van der Waals surface area (Å²) in [5.41, 5.74) is 0.416. The standard InChI is InChI=1S/C13H16BrCl2NO/c1-8(2)5-10(7-14)17-13(18)11-6-9(15)3-4-12(11)16/h3-4,6,8,10H,5,7H2,1-2H3,(H,17,18). The summed E-state index contributed by atoms with van der Waals surface area (Å²) < 4.78 is 0. The molecule has 1 atom stereocenters. The molecule has 1 aromatic carbocycles. The van der Waals surface area contributed by atoms with Crippen LogP contribution in [0.5, 0.6) is 0 Å². The van der Waals surface area contributed by atoms with Crippen LogP contribution in [-0.2, 0) is 0 Å². The van der Waals surface area contributed by atoms with Crippen molar-refractivity contribution in [3.63, 3.8) is 0 Å². The zero-order valence-electron chi connectivity index (χ0n) is 10.3. The van der Waals surface area contributed by atoms with E-state index < -0.39 is 0 Å². The Labute approximate surface area is 126 Å². The third kappa shape index (κ3) is 4.79. The van der Waals surface area contributed by atoms with E-state index in [4.69, 9.17) is 23.2 Å². The number of hydrogen-bond acceptors (Lipinski definition) is 1. The Morgan fingerprint density at radius 2 is 2.06 bits per heavy atom. The van der Waals surface area contributed by atoms with Gasteiger partial charge < -0.3 is 5.32 Å². The number of alkyl halides is 1. The second kappa shape index (κ2) is 7.37. The summed E-state index contributed by atoms with van der Waals surface area (Å²) in [6.45, 7) is 4.24. The Bertz CT molecular complexity index is 423. The topological polar surface area (TPSA) is 29.1 Å². The second-order valence-corrected chi connectivity index (χ2v) is 6.07. The molecule has 0 aliphatic heterocycles. The molecule has 0 saturated heterocycles. The van der Waals surface area contributed by atoms with Crippen molar-refractivity contribution in [2.45, 2.75) is 26.3 Å². The highest BCUT2D eigenvalue weighted by Crippen LogP contribution is 2.21. The molecule has 0 saturated carbocycles. The quantitative estimate of drug-likeness (QED) is 0.775. The number of carbonyl (C=O) groups is 1. The number of nitrogens with one attached hydrogen (secondary N) is 1. The van der Waals surface area contributed by atoms with Gasteiger partial charge in [-0.1, -0.05) is 53.0 Å². The van der Waals surface area contributed by atoms with Crippen molar-refractivity contribution < 1.29 is 4.79 Å². The van der Waals surface area contributed by atoms with Gasteiger partial charge in [0.15, 0.2) is 0 Å². The maximum absolute atomic E-state index is 12.1. The van der Waals surface area contributed by atoms with E-state index in [0.717, 1.165) is 11.8 Å². The van der Waals surface area contributed by atoms with Crippen LogP contribution in [-0.4, -0.2) is 17.3 Å². The first kappa shape index (κ1) is 15.8. The summed E-state index contributed by atoms with van der Waals surface area (Å²) in [6, 6.07) is 4.97. The van der Waals surface area contributed by atoms with Gasteiger partial charge in [-0.25, -0.2) is 0 Å². The van der Waals surface area contributed by atoms with Gasteiger partial charge in [0.25, 0.3) is 5.91 Å². The van der Waals surface area contributed by atoms with Gasteiger partial charge in [0.05, 0.1) is 10.6 Å². The van der Waals surface area contributed by atoms with E-state index in [0.29, 0.717) is 21.5 Å². The lowest BCUT2D eigenvalue weighted by Gasteiger charge is -2.18. The molecule has 0 aliphatic rings. The average molecular weight is 353 g/mol. The summed E-state index contributed by atoms with van der Waals surface area (Å²) >= 11 is 15.3. The van der Waals surface area contributed by atoms with Crippen molar-refractivity contribution >= 4 is 45.0 Å². The number of halogens is 3. The van der Waals surface area contributed by atoms with E-state index in [1.165, 1.54) is 0 Å². The number of carbonyl (C=O) groups excluding carboxylic acids is 1. The Balaban J connectivity index is 2.77. The number of rotatable bonds is 5. The SMILES string of the molecule is CC(C)CC(CBr)NC(=O)c1cc(Cl)ccc1Cl. The molecule has 0 bridgehead atoms. The molecule has 0 radical (unpaired) electrons. The zero-order valence-corrected chi connectivity index (χ0v) is 13.4. The minimum absolute atomic E-state index is 0.0903. The molecule has 2 nitrogen and oxygen atoms in total. The highest BCUT2D eigenvalue weighted by atomic mass is 79.9. The van der Waals surface area contributed by atoms with E-state index in [1.54, 1.807) is 18.2 Å². The van der Waals surface area contributed by atoms with E-state index in [1.807, 2.05) is 0 Å². The van der Waals surface area contributed by atoms with Crippen molar-refractivity contribution in [1.82, 2.24) is 5.32 Å². The molecular weight excluding hydrogens is 337 g/mol. The molecule has 0 spiro atoms. The van der Waals surface area contributed by atoms with Crippen molar-refractivity contribution in [3.8, 4) is 0 Å². The molecule has 1 rings (SSSR count). The van der Waals surface area contributed by atoms with Crippen LogP contribution in [0.1, 0.15) is 30.6 Å². The fourth-order valence-corrected chi connectivity index (χ4v) is 2.47. The van der Waals surface area contributed by atoms with Crippen LogP contribution in [0.3, 0.4) is 0 Å². The Hall–Kier alpha value is -0.250. The van der Waals surface area contributed by atoms with Crippen molar-refractivity contribution in [1.29, 1.82) is 0 Å². The van der Waals surface area contributed by atoms with Gasteiger partial charge in [0.1, 0.15) is 0 Å². The number of benzene rings is 1. The lowest BCUT2D eigenvalue weighted by atomic mass is 10.0. The van der Waals surface area contributed by atoms with Gasteiger partial charge in [-0.2, -0.15) is 0 Å². The van der Waals surface area contributed by atoms with E-state index in [-0.39, 0.29) is 11.9 Å². The van der Waals surface area contributed by atoms with Crippen molar-refractivity contribution in [2.75, 3.05) is 5.33 Å². The molecule has 0 aromatic heterocycles. The van der Waals surface area contributed by atoms with E-state index in [9.17, 15) is 4.79 Å². The predicted octanol–water partition coefficient (Wildman–Crippen LogP) is 4.53. The Kier molecular flexibility index (Phi) is 6.47. The Morgan fingerprint density at radius 1 is 1.39 bits per heavy atom. The molecule has 1 N–H and O–H groups in total. The first-order valence-corrected chi connectivity index (χ1v) is 7.63. The lowest BCUT2D eigenvalue weighted by Crippen LogP contribution is -2.37. The maximum Gasteiger partial charge on any atom is 0.253 e. The molecular formula is C13H16BrCl2NO. The highest BCUT2D eigenvalue weighted by Gasteiger charge is 2.16. The lowest BCUT2D eigenvalue weighted by molar-refractivity contribution is 0.0937. The fraction of sp³-hybridized carbons (Fsp3) is 0.462. The Morgan fingerprint density at radius 3 is 2.61 bits per heavy atom. The van der Waals surface area contributed by atoms with Gasteiger partial charge in [-0.15, -0.1) is 0 Å². The average Bonchev–Trinajstić information content (AvgIpc) is 2.30. The zero-order chi connectivity index (χ0) is 13.7.